The summed E-state index contributed by atoms with van der Waals surface area (Å²) in [4.78, 5) is 16.9. The van der Waals surface area contributed by atoms with Crippen molar-refractivity contribution >= 4 is 17.5 Å². The SMILES string of the molecule is COc1cccc(C(=O)N2CCN(CCc3cccc(Cl)c3)CC2)c1. The number of methoxy groups -OCH3 is 1. The topological polar surface area (TPSA) is 32.8 Å². The highest BCUT2D eigenvalue weighted by Gasteiger charge is 2.22. The van der Waals surface area contributed by atoms with Gasteiger partial charge in [-0.15, -0.1) is 0 Å². The fourth-order valence-electron chi connectivity index (χ4n) is 3.09. The summed E-state index contributed by atoms with van der Waals surface area (Å²) in [5, 5.41) is 0.784. The number of piperazine rings is 1. The van der Waals surface area contributed by atoms with Gasteiger partial charge in [0, 0.05) is 43.3 Å². The molecule has 1 aliphatic rings. The fourth-order valence-corrected chi connectivity index (χ4v) is 3.31. The van der Waals surface area contributed by atoms with Gasteiger partial charge >= 0.3 is 0 Å². The van der Waals surface area contributed by atoms with Crippen molar-refractivity contribution in [2.75, 3.05) is 39.8 Å². The number of carbonyl (C=O) groups is 1. The molecule has 1 fully saturated rings. The van der Waals surface area contributed by atoms with Gasteiger partial charge in [0.05, 0.1) is 7.11 Å². The van der Waals surface area contributed by atoms with E-state index in [0.29, 0.717) is 11.3 Å². The molecule has 0 aromatic heterocycles. The van der Waals surface area contributed by atoms with E-state index >= 15 is 0 Å². The number of carbonyl (C=O) groups excluding carboxylic acids is 1. The molecule has 5 heteroatoms. The molecule has 0 bridgehead atoms. The van der Waals surface area contributed by atoms with Crippen molar-refractivity contribution in [2.24, 2.45) is 0 Å². The molecule has 0 unspecified atom stereocenters. The molecule has 4 nitrogen and oxygen atoms in total. The number of halogens is 1. The number of ether oxygens (including phenoxy) is 1. The Labute approximate surface area is 154 Å². The van der Waals surface area contributed by atoms with Crippen LogP contribution in [-0.4, -0.2) is 55.5 Å². The van der Waals surface area contributed by atoms with Crippen molar-refractivity contribution in [3.63, 3.8) is 0 Å². The molecular formula is C20H23ClN2O2. The van der Waals surface area contributed by atoms with Crippen LogP contribution in [0.1, 0.15) is 15.9 Å². The van der Waals surface area contributed by atoms with Crippen LogP contribution >= 0.6 is 11.6 Å². The van der Waals surface area contributed by atoms with Gasteiger partial charge in [0.15, 0.2) is 0 Å². The lowest BCUT2D eigenvalue weighted by molar-refractivity contribution is 0.0638. The number of amides is 1. The van der Waals surface area contributed by atoms with Gasteiger partial charge in [-0.05, 0) is 42.3 Å². The van der Waals surface area contributed by atoms with Gasteiger partial charge in [0.2, 0.25) is 0 Å². The molecule has 0 N–H and O–H groups in total. The maximum absolute atomic E-state index is 12.6. The quantitative estimate of drug-likeness (QED) is 0.821. The van der Waals surface area contributed by atoms with Crippen LogP contribution in [0.2, 0.25) is 5.02 Å². The van der Waals surface area contributed by atoms with Gasteiger partial charge < -0.3 is 9.64 Å². The molecule has 132 valence electrons. The molecule has 1 saturated heterocycles. The Bertz CT molecular complexity index is 727. The standard InChI is InChI=1S/C20H23ClN2O2/c1-25-19-7-3-5-17(15-19)20(24)23-12-10-22(11-13-23)9-8-16-4-2-6-18(21)14-16/h2-7,14-15H,8-13H2,1H3. The van der Waals surface area contributed by atoms with E-state index in [-0.39, 0.29) is 5.91 Å². The second-order valence-corrected chi connectivity index (χ2v) is 6.68. The molecule has 1 amide bonds. The molecule has 1 heterocycles. The zero-order chi connectivity index (χ0) is 17.6. The van der Waals surface area contributed by atoms with Gasteiger partial charge in [-0.3, -0.25) is 9.69 Å². The first-order valence-electron chi connectivity index (χ1n) is 8.56. The van der Waals surface area contributed by atoms with Crippen molar-refractivity contribution in [3.8, 4) is 5.75 Å². The summed E-state index contributed by atoms with van der Waals surface area (Å²) in [6.45, 7) is 4.30. The van der Waals surface area contributed by atoms with Gasteiger partial charge in [-0.2, -0.15) is 0 Å². The Morgan fingerprint density at radius 3 is 2.56 bits per heavy atom. The Balaban J connectivity index is 1.50. The molecule has 2 aromatic rings. The summed E-state index contributed by atoms with van der Waals surface area (Å²) < 4.78 is 5.20. The summed E-state index contributed by atoms with van der Waals surface area (Å²) in [5.74, 6) is 0.791. The van der Waals surface area contributed by atoms with E-state index in [1.807, 2.05) is 41.3 Å². The van der Waals surface area contributed by atoms with Gasteiger partial charge in [-0.25, -0.2) is 0 Å². The lowest BCUT2D eigenvalue weighted by Gasteiger charge is -2.34. The van der Waals surface area contributed by atoms with E-state index in [2.05, 4.69) is 11.0 Å². The van der Waals surface area contributed by atoms with Crippen molar-refractivity contribution < 1.29 is 9.53 Å². The summed E-state index contributed by atoms with van der Waals surface area (Å²) in [7, 11) is 1.61. The molecule has 3 rings (SSSR count). The number of nitrogens with zero attached hydrogens (tertiary/aromatic N) is 2. The van der Waals surface area contributed by atoms with E-state index < -0.39 is 0 Å². The number of rotatable bonds is 5. The highest BCUT2D eigenvalue weighted by atomic mass is 35.5. The van der Waals surface area contributed by atoms with Crippen LogP contribution in [0.25, 0.3) is 0 Å². The maximum atomic E-state index is 12.6. The Morgan fingerprint density at radius 1 is 1.08 bits per heavy atom. The Kier molecular flexibility index (Phi) is 5.95. The highest BCUT2D eigenvalue weighted by molar-refractivity contribution is 6.30. The number of benzene rings is 2. The Hall–Kier alpha value is -2.04. The first kappa shape index (κ1) is 17.8. The third-order valence-corrected chi connectivity index (χ3v) is 4.82. The van der Waals surface area contributed by atoms with Crippen LogP contribution in [0.15, 0.2) is 48.5 Å². The molecule has 0 spiro atoms. The van der Waals surface area contributed by atoms with E-state index in [4.69, 9.17) is 16.3 Å². The average molecular weight is 359 g/mol. The van der Waals surface area contributed by atoms with Crippen molar-refractivity contribution in [1.29, 1.82) is 0 Å². The number of hydrogen-bond acceptors (Lipinski definition) is 3. The van der Waals surface area contributed by atoms with Gasteiger partial charge in [0.25, 0.3) is 5.91 Å². The highest BCUT2D eigenvalue weighted by Crippen LogP contribution is 2.16. The van der Waals surface area contributed by atoms with E-state index in [0.717, 1.165) is 44.2 Å². The normalized spacial score (nSPS) is 15.2. The van der Waals surface area contributed by atoms with E-state index in [1.54, 1.807) is 13.2 Å². The zero-order valence-electron chi connectivity index (χ0n) is 14.5. The summed E-state index contributed by atoms with van der Waals surface area (Å²) in [6.07, 6.45) is 0.977. The first-order chi connectivity index (χ1) is 12.2. The van der Waals surface area contributed by atoms with Crippen LogP contribution in [0, 0.1) is 0 Å². The monoisotopic (exact) mass is 358 g/mol. The lowest BCUT2D eigenvalue weighted by Crippen LogP contribution is -2.49. The van der Waals surface area contributed by atoms with Gasteiger partial charge in [-0.1, -0.05) is 29.8 Å². The molecule has 1 aliphatic heterocycles. The van der Waals surface area contributed by atoms with Crippen LogP contribution < -0.4 is 4.74 Å². The molecule has 0 aliphatic carbocycles. The molecule has 0 atom stereocenters. The first-order valence-corrected chi connectivity index (χ1v) is 8.93. The van der Waals surface area contributed by atoms with Gasteiger partial charge in [0.1, 0.15) is 5.75 Å². The largest absolute Gasteiger partial charge is 0.497 e. The van der Waals surface area contributed by atoms with Crippen LogP contribution in [0.3, 0.4) is 0 Å². The third kappa shape index (κ3) is 4.74. The molecule has 0 radical (unpaired) electrons. The van der Waals surface area contributed by atoms with Crippen molar-refractivity contribution in [3.05, 3.63) is 64.7 Å². The molecular weight excluding hydrogens is 336 g/mol. The minimum Gasteiger partial charge on any atom is -0.497 e. The molecule has 0 saturated carbocycles. The second-order valence-electron chi connectivity index (χ2n) is 6.25. The second kappa shape index (κ2) is 8.37. The predicted octanol–water partition coefficient (Wildman–Crippen LogP) is 3.35. The van der Waals surface area contributed by atoms with Crippen LogP contribution in [0.4, 0.5) is 0 Å². The average Bonchev–Trinajstić information content (AvgIpc) is 2.66. The molecule has 25 heavy (non-hydrogen) atoms. The Morgan fingerprint density at radius 2 is 1.84 bits per heavy atom. The molecule has 2 aromatic carbocycles. The summed E-state index contributed by atoms with van der Waals surface area (Å²) in [6, 6.07) is 15.4. The summed E-state index contributed by atoms with van der Waals surface area (Å²) >= 11 is 6.03. The smallest absolute Gasteiger partial charge is 0.254 e. The maximum Gasteiger partial charge on any atom is 0.254 e. The van der Waals surface area contributed by atoms with E-state index in [1.165, 1.54) is 5.56 Å². The lowest BCUT2D eigenvalue weighted by atomic mass is 10.1. The predicted molar refractivity (Wildman–Crippen MR) is 100 cm³/mol. The minimum atomic E-state index is 0.0772. The third-order valence-electron chi connectivity index (χ3n) is 4.58. The minimum absolute atomic E-state index is 0.0772. The van der Waals surface area contributed by atoms with Crippen LogP contribution in [0.5, 0.6) is 5.75 Å². The fraction of sp³-hybridized carbons (Fsp3) is 0.350. The van der Waals surface area contributed by atoms with Crippen LogP contribution in [-0.2, 0) is 6.42 Å². The van der Waals surface area contributed by atoms with Crippen molar-refractivity contribution in [1.82, 2.24) is 9.80 Å². The summed E-state index contributed by atoms with van der Waals surface area (Å²) in [5.41, 5.74) is 1.94. The van der Waals surface area contributed by atoms with Crippen molar-refractivity contribution in [2.45, 2.75) is 6.42 Å². The number of hydrogen-bond donors (Lipinski definition) is 0. The zero-order valence-corrected chi connectivity index (χ0v) is 15.2. The van der Waals surface area contributed by atoms with E-state index in [9.17, 15) is 4.79 Å².